The maximum absolute atomic E-state index is 13.1. The molecule has 0 spiro atoms. The van der Waals surface area contributed by atoms with Crippen LogP contribution in [0.1, 0.15) is 21.5 Å². The molecule has 0 atom stereocenters. The Morgan fingerprint density at radius 3 is 2.23 bits per heavy atom. The summed E-state index contributed by atoms with van der Waals surface area (Å²) in [6.07, 6.45) is 0. The maximum Gasteiger partial charge on any atom is 0.251 e. The first kappa shape index (κ1) is 20.8. The first-order valence-corrected chi connectivity index (χ1v) is 10.3. The third-order valence-corrected chi connectivity index (χ3v) is 5.30. The number of carbonyl (C=O) groups excluding carboxylic acids is 1. The summed E-state index contributed by atoms with van der Waals surface area (Å²) in [5, 5.41) is 5.35. The first-order chi connectivity index (χ1) is 15.0. The average molecular weight is 413 g/mol. The monoisotopic (exact) mass is 412 g/mol. The number of hydrogen-bond acceptors (Lipinski definition) is 2. The van der Waals surface area contributed by atoms with Crippen molar-refractivity contribution in [2.24, 2.45) is 0 Å². The fraction of sp³-hybridized carbons (Fsp3) is 0.148. The molecule has 3 nitrogen and oxygen atoms in total. The average Bonchev–Trinajstić information content (AvgIpc) is 2.77. The van der Waals surface area contributed by atoms with E-state index in [1.807, 2.05) is 24.3 Å². The summed E-state index contributed by atoms with van der Waals surface area (Å²) in [6, 6.07) is 26.3. The fourth-order valence-electron chi connectivity index (χ4n) is 3.75. The van der Waals surface area contributed by atoms with Gasteiger partial charge in [-0.25, -0.2) is 4.39 Å². The van der Waals surface area contributed by atoms with Crippen LogP contribution in [0, 0.1) is 5.82 Å². The molecule has 1 N–H and O–H groups in total. The minimum Gasteiger partial charge on any atom is -0.348 e. The Balaban J connectivity index is 1.46. The lowest BCUT2D eigenvalue weighted by Gasteiger charge is -2.12. The highest BCUT2D eigenvalue weighted by Gasteiger charge is 2.08. The van der Waals surface area contributed by atoms with Crippen LogP contribution in [-0.4, -0.2) is 24.9 Å². The van der Waals surface area contributed by atoms with Crippen molar-refractivity contribution in [2.75, 3.05) is 14.1 Å². The topological polar surface area (TPSA) is 32.3 Å². The molecule has 31 heavy (non-hydrogen) atoms. The van der Waals surface area contributed by atoms with Gasteiger partial charge in [-0.15, -0.1) is 0 Å². The van der Waals surface area contributed by atoms with Crippen LogP contribution in [0.4, 0.5) is 4.39 Å². The lowest BCUT2D eigenvalue weighted by atomic mass is 10.0. The highest BCUT2D eigenvalue weighted by Crippen LogP contribution is 2.22. The molecule has 4 aromatic rings. The van der Waals surface area contributed by atoms with E-state index in [4.69, 9.17) is 0 Å². The molecule has 4 aromatic carbocycles. The number of benzene rings is 4. The summed E-state index contributed by atoms with van der Waals surface area (Å²) in [5.41, 5.74) is 4.81. The van der Waals surface area contributed by atoms with Crippen molar-refractivity contribution < 1.29 is 9.18 Å². The van der Waals surface area contributed by atoms with Crippen LogP contribution in [0.2, 0.25) is 0 Å². The van der Waals surface area contributed by atoms with Gasteiger partial charge in [-0.05, 0) is 77.5 Å². The molecule has 0 fully saturated rings. The zero-order valence-corrected chi connectivity index (χ0v) is 17.7. The molecule has 0 heterocycles. The molecule has 0 bridgehead atoms. The van der Waals surface area contributed by atoms with E-state index in [-0.39, 0.29) is 11.7 Å². The molecule has 0 aromatic heterocycles. The number of halogens is 1. The van der Waals surface area contributed by atoms with Gasteiger partial charge >= 0.3 is 0 Å². The molecule has 1 amide bonds. The Bertz CT molecular complexity index is 1200. The van der Waals surface area contributed by atoms with Gasteiger partial charge in [0, 0.05) is 18.7 Å². The van der Waals surface area contributed by atoms with E-state index in [9.17, 15) is 9.18 Å². The Kier molecular flexibility index (Phi) is 6.10. The quantitative estimate of drug-likeness (QED) is 0.445. The van der Waals surface area contributed by atoms with Crippen LogP contribution < -0.4 is 5.32 Å². The predicted octanol–water partition coefficient (Wildman–Crippen LogP) is 5.64. The van der Waals surface area contributed by atoms with Gasteiger partial charge in [-0.3, -0.25) is 4.79 Å². The van der Waals surface area contributed by atoms with Crippen LogP contribution in [0.15, 0.2) is 84.9 Å². The number of amides is 1. The van der Waals surface area contributed by atoms with Crippen LogP contribution >= 0.6 is 0 Å². The minimum absolute atomic E-state index is 0.119. The second-order valence-electron chi connectivity index (χ2n) is 7.98. The van der Waals surface area contributed by atoms with Gasteiger partial charge in [0.2, 0.25) is 0 Å². The van der Waals surface area contributed by atoms with Gasteiger partial charge in [0.05, 0.1) is 0 Å². The Labute approximate surface area is 182 Å². The van der Waals surface area contributed by atoms with Crippen LogP contribution in [0.3, 0.4) is 0 Å². The van der Waals surface area contributed by atoms with Crippen molar-refractivity contribution in [3.8, 4) is 11.1 Å². The molecule has 156 valence electrons. The summed E-state index contributed by atoms with van der Waals surface area (Å²) in [6.45, 7) is 1.35. The zero-order valence-electron chi connectivity index (χ0n) is 17.7. The molecule has 0 unspecified atom stereocenters. The summed E-state index contributed by atoms with van der Waals surface area (Å²) in [5.74, 6) is -0.381. The Morgan fingerprint density at radius 1 is 0.871 bits per heavy atom. The molecule has 0 aliphatic rings. The van der Waals surface area contributed by atoms with E-state index < -0.39 is 0 Å². The van der Waals surface area contributed by atoms with E-state index in [1.165, 1.54) is 23.1 Å². The zero-order chi connectivity index (χ0) is 21.8. The summed E-state index contributed by atoms with van der Waals surface area (Å²) in [4.78, 5) is 14.8. The largest absolute Gasteiger partial charge is 0.348 e. The molecular formula is C27H25FN2O. The minimum atomic E-state index is -0.262. The number of nitrogens with zero attached hydrogens (tertiary/aromatic N) is 1. The molecule has 0 radical (unpaired) electrons. The van der Waals surface area contributed by atoms with Crippen molar-refractivity contribution in [3.63, 3.8) is 0 Å². The lowest BCUT2D eigenvalue weighted by Crippen LogP contribution is -2.22. The van der Waals surface area contributed by atoms with Gasteiger partial charge in [0.1, 0.15) is 5.82 Å². The molecular weight excluding hydrogens is 387 g/mol. The van der Waals surface area contributed by atoms with Crippen molar-refractivity contribution >= 4 is 16.7 Å². The van der Waals surface area contributed by atoms with Crippen molar-refractivity contribution in [1.29, 1.82) is 0 Å². The first-order valence-electron chi connectivity index (χ1n) is 10.3. The molecule has 4 heteroatoms. The summed E-state index contributed by atoms with van der Waals surface area (Å²) in [7, 11) is 4.12. The number of hydrogen-bond donors (Lipinski definition) is 1. The van der Waals surface area contributed by atoms with E-state index in [0.717, 1.165) is 28.6 Å². The highest BCUT2D eigenvalue weighted by atomic mass is 19.1. The van der Waals surface area contributed by atoms with Gasteiger partial charge in [-0.1, -0.05) is 54.6 Å². The van der Waals surface area contributed by atoms with Crippen molar-refractivity contribution in [2.45, 2.75) is 13.1 Å². The van der Waals surface area contributed by atoms with Crippen LogP contribution in [-0.2, 0) is 13.1 Å². The van der Waals surface area contributed by atoms with Gasteiger partial charge in [-0.2, -0.15) is 0 Å². The van der Waals surface area contributed by atoms with Gasteiger partial charge in [0.15, 0.2) is 0 Å². The van der Waals surface area contributed by atoms with E-state index in [1.54, 1.807) is 24.3 Å². The fourth-order valence-corrected chi connectivity index (χ4v) is 3.75. The number of rotatable bonds is 6. The lowest BCUT2D eigenvalue weighted by molar-refractivity contribution is 0.0951. The molecule has 0 aliphatic heterocycles. The van der Waals surface area contributed by atoms with E-state index in [0.29, 0.717) is 12.1 Å². The third kappa shape index (κ3) is 4.98. The number of carbonyl (C=O) groups is 1. The molecule has 0 aliphatic carbocycles. The van der Waals surface area contributed by atoms with Gasteiger partial charge in [0.25, 0.3) is 5.91 Å². The SMILES string of the molecule is CN(C)Cc1ccc2c(CNC(=O)c3ccc(-c4ccc(F)cc4)cc3)cccc2c1. The van der Waals surface area contributed by atoms with Crippen LogP contribution in [0.25, 0.3) is 21.9 Å². The van der Waals surface area contributed by atoms with Crippen molar-refractivity contribution in [3.05, 3.63) is 107 Å². The van der Waals surface area contributed by atoms with Gasteiger partial charge < -0.3 is 10.2 Å². The molecule has 0 saturated carbocycles. The Morgan fingerprint density at radius 2 is 1.55 bits per heavy atom. The third-order valence-electron chi connectivity index (χ3n) is 5.30. The second kappa shape index (κ2) is 9.11. The maximum atomic E-state index is 13.1. The summed E-state index contributed by atoms with van der Waals surface area (Å²) >= 11 is 0. The van der Waals surface area contributed by atoms with Crippen LogP contribution in [0.5, 0.6) is 0 Å². The van der Waals surface area contributed by atoms with Crippen molar-refractivity contribution in [1.82, 2.24) is 10.2 Å². The number of nitrogens with one attached hydrogen (secondary N) is 1. The molecule has 4 rings (SSSR count). The number of fused-ring (bicyclic) bond motifs is 1. The highest BCUT2D eigenvalue weighted by molar-refractivity contribution is 5.95. The standard InChI is InChI=1S/C27H25FN2O/c1-30(2)18-19-6-15-26-23(16-19)4-3-5-24(26)17-29-27(31)22-9-7-20(8-10-22)21-11-13-25(28)14-12-21/h3-16H,17-18H2,1-2H3,(H,29,31). The normalized spacial score (nSPS) is 11.1. The Hall–Kier alpha value is -3.50. The second-order valence-corrected chi connectivity index (χ2v) is 7.98. The predicted molar refractivity (Wildman–Crippen MR) is 124 cm³/mol. The van der Waals surface area contributed by atoms with E-state index >= 15 is 0 Å². The summed E-state index contributed by atoms with van der Waals surface area (Å²) < 4.78 is 13.1. The van der Waals surface area contributed by atoms with E-state index in [2.05, 4.69) is 48.6 Å². The smallest absolute Gasteiger partial charge is 0.251 e. The molecule has 0 saturated heterocycles.